The summed E-state index contributed by atoms with van der Waals surface area (Å²) in [7, 11) is 0. The number of rotatable bonds is 6. The van der Waals surface area contributed by atoms with Crippen LogP contribution in [0.3, 0.4) is 0 Å². The topological polar surface area (TPSA) is 114 Å². The monoisotopic (exact) mass is 564 g/mol. The smallest absolute Gasteiger partial charge is 0.235 e. The highest BCUT2D eigenvalue weighted by atomic mass is 35.5. The van der Waals surface area contributed by atoms with Gasteiger partial charge in [0.15, 0.2) is 5.82 Å². The largest absolute Gasteiger partial charge is 0.471 e. The standard InChI is InChI=1S/C26H27ClF2N4O6/c1-12(34)33-4-2-13(3-5-33)14-6-17(28)15(18(29)7-14)9-38-25-16(27)8-19-24(31-25)32-26(30-19)39-21-11-37-22-20(35)10-36-23(21)22/h2,6-8,20-23,26,30,35H,3-5,9-11H2,1H3,(H,31,32)/t20-,21-,22-,23-,26?/m1/s1. The maximum atomic E-state index is 14.9. The summed E-state index contributed by atoms with van der Waals surface area (Å²) in [6.07, 6.45) is -0.209. The number of aromatic nitrogens is 1. The number of ether oxygens (including phenoxy) is 4. The van der Waals surface area contributed by atoms with Crippen molar-refractivity contribution in [3.05, 3.63) is 52.1 Å². The van der Waals surface area contributed by atoms with Crippen LogP contribution in [0, 0.1) is 11.6 Å². The van der Waals surface area contributed by atoms with Crippen molar-refractivity contribution in [2.45, 2.75) is 50.7 Å². The van der Waals surface area contributed by atoms with Gasteiger partial charge in [0.1, 0.15) is 47.7 Å². The van der Waals surface area contributed by atoms with Crippen LogP contribution in [0.5, 0.6) is 5.88 Å². The Kier molecular flexibility index (Phi) is 7.06. The molecule has 39 heavy (non-hydrogen) atoms. The van der Waals surface area contributed by atoms with Gasteiger partial charge >= 0.3 is 0 Å². The summed E-state index contributed by atoms with van der Waals surface area (Å²) in [4.78, 5) is 17.5. The second-order valence-electron chi connectivity index (χ2n) is 9.83. The van der Waals surface area contributed by atoms with Crippen molar-refractivity contribution >= 4 is 34.6 Å². The Bertz CT molecular complexity index is 1310. The molecule has 1 unspecified atom stereocenters. The van der Waals surface area contributed by atoms with E-state index in [1.165, 1.54) is 19.1 Å². The number of carbonyl (C=O) groups excluding carboxylic acids is 1. The number of fused-ring (bicyclic) bond motifs is 2. The number of benzene rings is 1. The number of nitrogens with one attached hydrogen (secondary N) is 2. The molecule has 0 radical (unpaired) electrons. The Morgan fingerprint density at radius 3 is 2.69 bits per heavy atom. The number of carbonyl (C=O) groups is 1. The highest BCUT2D eigenvalue weighted by molar-refractivity contribution is 6.32. The fourth-order valence-corrected chi connectivity index (χ4v) is 5.39. The molecule has 4 aliphatic rings. The molecule has 5 atom stereocenters. The van der Waals surface area contributed by atoms with Crippen molar-refractivity contribution < 1.29 is 37.6 Å². The number of anilines is 2. The first-order valence-electron chi connectivity index (χ1n) is 12.6. The molecule has 4 aliphatic heterocycles. The number of hydrogen-bond acceptors (Lipinski definition) is 9. The van der Waals surface area contributed by atoms with Gasteiger partial charge in [-0.2, -0.15) is 4.98 Å². The fraction of sp³-hybridized carbons (Fsp3) is 0.462. The predicted octanol–water partition coefficient (Wildman–Crippen LogP) is 2.89. The van der Waals surface area contributed by atoms with E-state index in [0.29, 0.717) is 36.6 Å². The lowest BCUT2D eigenvalue weighted by atomic mass is 9.97. The number of hydrogen-bond donors (Lipinski definition) is 3. The number of amides is 1. The maximum absolute atomic E-state index is 14.9. The molecule has 2 fully saturated rings. The van der Waals surface area contributed by atoms with Crippen molar-refractivity contribution in [3.8, 4) is 5.88 Å². The van der Waals surface area contributed by atoms with Gasteiger partial charge in [0.05, 0.1) is 24.5 Å². The molecule has 6 rings (SSSR count). The molecule has 10 nitrogen and oxygen atoms in total. The van der Waals surface area contributed by atoms with Crippen LogP contribution in [-0.4, -0.2) is 78.0 Å². The van der Waals surface area contributed by atoms with Crippen LogP contribution in [0.2, 0.25) is 5.02 Å². The second kappa shape index (κ2) is 10.5. The van der Waals surface area contributed by atoms with Gasteiger partial charge in [0.25, 0.3) is 0 Å². The highest BCUT2D eigenvalue weighted by Crippen LogP contribution is 2.37. The number of halogens is 3. The average molecular weight is 565 g/mol. The van der Waals surface area contributed by atoms with E-state index < -0.39 is 42.9 Å². The van der Waals surface area contributed by atoms with E-state index >= 15 is 0 Å². The van der Waals surface area contributed by atoms with Gasteiger partial charge in [-0.1, -0.05) is 17.7 Å². The van der Waals surface area contributed by atoms with E-state index in [2.05, 4.69) is 15.6 Å². The van der Waals surface area contributed by atoms with Crippen molar-refractivity contribution in [1.82, 2.24) is 9.88 Å². The van der Waals surface area contributed by atoms with Crippen LogP contribution in [0.25, 0.3) is 5.57 Å². The summed E-state index contributed by atoms with van der Waals surface area (Å²) in [6.45, 7) is 2.44. The quantitative estimate of drug-likeness (QED) is 0.487. The van der Waals surface area contributed by atoms with E-state index in [9.17, 15) is 18.7 Å². The van der Waals surface area contributed by atoms with Gasteiger partial charge in [0.2, 0.25) is 18.1 Å². The summed E-state index contributed by atoms with van der Waals surface area (Å²) in [6, 6.07) is 4.12. The third kappa shape index (κ3) is 5.14. The molecular weight excluding hydrogens is 538 g/mol. The third-order valence-electron chi connectivity index (χ3n) is 7.31. The lowest BCUT2D eigenvalue weighted by Crippen LogP contribution is -2.39. The molecule has 2 aromatic rings. The Balaban J connectivity index is 1.10. The number of nitrogens with zero attached hydrogens (tertiary/aromatic N) is 2. The van der Waals surface area contributed by atoms with Gasteiger partial charge in [-0.15, -0.1) is 0 Å². The van der Waals surface area contributed by atoms with Gasteiger partial charge in [-0.05, 0) is 35.8 Å². The van der Waals surface area contributed by atoms with Gasteiger partial charge in [-0.25, -0.2) is 8.78 Å². The van der Waals surface area contributed by atoms with Crippen LogP contribution in [0.1, 0.15) is 24.5 Å². The SMILES string of the molecule is CC(=O)N1CC=C(c2cc(F)c(COc3nc4c(cc3Cl)NC(O[C@@H]3CO[C@H]5[C@@H]3OC[C@H]5O)N4)c(F)c2)CC1. The Labute approximate surface area is 227 Å². The molecule has 2 saturated heterocycles. The number of aliphatic hydroxyl groups is 1. The lowest BCUT2D eigenvalue weighted by Gasteiger charge is -2.25. The van der Waals surface area contributed by atoms with Crippen molar-refractivity contribution in [3.63, 3.8) is 0 Å². The molecule has 0 saturated carbocycles. The van der Waals surface area contributed by atoms with E-state index in [4.69, 9.17) is 30.5 Å². The molecule has 5 heterocycles. The molecule has 0 spiro atoms. The van der Waals surface area contributed by atoms with E-state index in [0.717, 1.165) is 5.57 Å². The summed E-state index contributed by atoms with van der Waals surface area (Å²) >= 11 is 6.33. The molecule has 13 heteroatoms. The lowest BCUT2D eigenvalue weighted by molar-refractivity contribution is -0.128. The van der Waals surface area contributed by atoms with Crippen LogP contribution in [-0.2, 0) is 25.6 Å². The summed E-state index contributed by atoms with van der Waals surface area (Å²) in [5.74, 6) is -1.14. The second-order valence-corrected chi connectivity index (χ2v) is 10.2. The summed E-state index contributed by atoms with van der Waals surface area (Å²) < 4.78 is 52.6. The molecule has 1 aromatic carbocycles. The van der Waals surface area contributed by atoms with Gasteiger partial charge < -0.3 is 39.6 Å². The van der Waals surface area contributed by atoms with E-state index in [1.54, 1.807) is 11.0 Å². The third-order valence-corrected chi connectivity index (χ3v) is 7.58. The van der Waals surface area contributed by atoms with Crippen LogP contribution in [0.4, 0.5) is 20.3 Å². The first-order chi connectivity index (χ1) is 18.8. The molecule has 1 aromatic heterocycles. The molecular formula is C26H27ClF2N4O6. The Hall–Kier alpha value is -3.03. The minimum atomic E-state index is -0.748. The normalized spacial score (nSPS) is 27.5. The summed E-state index contributed by atoms with van der Waals surface area (Å²) in [5.41, 5.74) is 1.53. The Morgan fingerprint density at radius 2 is 1.97 bits per heavy atom. The van der Waals surface area contributed by atoms with E-state index in [1.807, 2.05) is 6.08 Å². The zero-order chi connectivity index (χ0) is 27.3. The molecule has 208 valence electrons. The molecule has 0 bridgehead atoms. The zero-order valence-corrected chi connectivity index (χ0v) is 21.7. The summed E-state index contributed by atoms with van der Waals surface area (Å²) in [5, 5.41) is 16.2. The predicted molar refractivity (Wildman–Crippen MR) is 136 cm³/mol. The van der Waals surface area contributed by atoms with Crippen LogP contribution < -0.4 is 15.4 Å². The first-order valence-corrected chi connectivity index (χ1v) is 13.0. The van der Waals surface area contributed by atoms with Crippen LogP contribution in [0.15, 0.2) is 24.3 Å². The van der Waals surface area contributed by atoms with Crippen LogP contribution >= 0.6 is 11.6 Å². The number of pyridine rings is 1. The first kappa shape index (κ1) is 26.2. The van der Waals surface area contributed by atoms with Gasteiger partial charge in [0, 0.05) is 20.0 Å². The average Bonchev–Trinajstić information content (AvgIpc) is 3.60. The molecule has 0 aliphatic carbocycles. The number of aliphatic hydroxyl groups excluding tert-OH is 1. The van der Waals surface area contributed by atoms with E-state index in [-0.39, 0.29) is 41.7 Å². The van der Waals surface area contributed by atoms with Gasteiger partial charge in [-0.3, -0.25) is 4.79 Å². The minimum absolute atomic E-state index is 0.000862. The van der Waals surface area contributed by atoms with Crippen molar-refractivity contribution in [1.29, 1.82) is 0 Å². The fourth-order valence-electron chi connectivity index (χ4n) is 5.18. The zero-order valence-electron chi connectivity index (χ0n) is 21.0. The minimum Gasteiger partial charge on any atom is -0.471 e. The Morgan fingerprint density at radius 1 is 1.21 bits per heavy atom. The highest BCUT2D eigenvalue weighted by Gasteiger charge is 2.48. The maximum Gasteiger partial charge on any atom is 0.235 e. The molecule has 3 N–H and O–H groups in total. The molecule has 1 amide bonds. The van der Waals surface area contributed by atoms with Crippen molar-refractivity contribution in [2.75, 3.05) is 36.9 Å². The van der Waals surface area contributed by atoms with Crippen molar-refractivity contribution in [2.24, 2.45) is 0 Å².